The van der Waals surface area contributed by atoms with E-state index >= 15 is 0 Å². The van der Waals surface area contributed by atoms with Crippen LogP contribution in [0.25, 0.3) is 0 Å². The molecule has 2 N–H and O–H groups in total. The van der Waals surface area contributed by atoms with Gasteiger partial charge in [0.25, 0.3) is 5.91 Å². The summed E-state index contributed by atoms with van der Waals surface area (Å²) in [4.78, 5) is 14.0. The summed E-state index contributed by atoms with van der Waals surface area (Å²) in [5.41, 5.74) is 6.70. The molecule has 18 heavy (non-hydrogen) atoms. The number of benzene rings is 1. The van der Waals surface area contributed by atoms with E-state index in [1.54, 1.807) is 30.2 Å². The number of methoxy groups -OCH3 is 1. The van der Waals surface area contributed by atoms with Gasteiger partial charge in [0, 0.05) is 41.1 Å². The lowest BCUT2D eigenvalue weighted by atomic mass is 10.1. The number of rotatable bonds is 2. The van der Waals surface area contributed by atoms with E-state index in [2.05, 4.69) is 0 Å². The molecular weight excluding hydrogens is 252 g/mol. The second-order valence-electron chi connectivity index (χ2n) is 4.09. The van der Waals surface area contributed by atoms with E-state index in [-0.39, 0.29) is 5.91 Å². The van der Waals surface area contributed by atoms with Crippen LogP contribution in [0.3, 0.4) is 0 Å². The fourth-order valence-corrected chi connectivity index (χ4v) is 2.91. The number of nitrogens with zero attached hydrogens (tertiary/aromatic N) is 1. The van der Waals surface area contributed by atoms with E-state index in [4.69, 9.17) is 10.5 Å². The van der Waals surface area contributed by atoms with Crippen molar-refractivity contribution < 1.29 is 13.7 Å². The number of hydrogen-bond donors (Lipinski definition) is 1. The van der Waals surface area contributed by atoms with Gasteiger partial charge >= 0.3 is 0 Å². The molecule has 2 rings (SSSR count). The highest BCUT2D eigenvalue weighted by atomic mass is 32.2. The van der Waals surface area contributed by atoms with Crippen LogP contribution in [0.5, 0.6) is 5.75 Å². The first kappa shape index (κ1) is 12.9. The highest BCUT2D eigenvalue weighted by Crippen LogP contribution is 2.21. The fraction of sp³-hybridized carbons (Fsp3) is 0.417. The molecule has 6 heteroatoms. The van der Waals surface area contributed by atoms with Crippen molar-refractivity contribution in [3.05, 3.63) is 23.8 Å². The number of ether oxygens (including phenoxy) is 1. The van der Waals surface area contributed by atoms with Crippen molar-refractivity contribution in [3.8, 4) is 5.75 Å². The SMILES string of the molecule is COc1ccc(N)c(C(=O)N2CCS(=O)CC2)c1. The van der Waals surface area contributed by atoms with Crippen molar-refractivity contribution in [2.45, 2.75) is 0 Å². The zero-order valence-corrected chi connectivity index (χ0v) is 11.0. The molecule has 0 unspecified atom stereocenters. The van der Waals surface area contributed by atoms with Gasteiger partial charge in [-0.15, -0.1) is 0 Å². The van der Waals surface area contributed by atoms with Crippen LogP contribution in [0.4, 0.5) is 5.69 Å². The maximum Gasteiger partial charge on any atom is 0.256 e. The molecule has 0 spiro atoms. The van der Waals surface area contributed by atoms with E-state index in [0.717, 1.165) is 0 Å². The number of amides is 1. The molecule has 1 aliphatic heterocycles. The number of nitrogen functional groups attached to an aromatic ring is 1. The van der Waals surface area contributed by atoms with Crippen LogP contribution < -0.4 is 10.5 Å². The van der Waals surface area contributed by atoms with Crippen LogP contribution in [0, 0.1) is 0 Å². The highest BCUT2D eigenvalue weighted by Gasteiger charge is 2.23. The predicted molar refractivity (Wildman–Crippen MR) is 71.2 cm³/mol. The zero-order valence-electron chi connectivity index (χ0n) is 10.2. The van der Waals surface area contributed by atoms with Gasteiger partial charge in [0.1, 0.15) is 5.75 Å². The lowest BCUT2D eigenvalue weighted by Crippen LogP contribution is -2.42. The summed E-state index contributed by atoms with van der Waals surface area (Å²) in [6.45, 7) is 1.03. The average molecular weight is 268 g/mol. The van der Waals surface area contributed by atoms with Crippen molar-refractivity contribution in [2.24, 2.45) is 0 Å². The van der Waals surface area contributed by atoms with Crippen LogP contribution in [0.1, 0.15) is 10.4 Å². The largest absolute Gasteiger partial charge is 0.497 e. The third-order valence-electron chi connectivity index (χ3n) is 2.96. The van der Waals surface area contributed by atoms with Crippen LogP contribution in [0.15, 0.2) is 18.2 Å². The summed E-state index contributed by atoms with van der Waals surface area (Å²) in [6, 6.07) is 5.02. The minimum atomic E-state index is -0.795. The lowest BCUT2D eigenvalue weighted by molar-refractivity contribution is 0.0772. The van der Waals surface area contributed by atoms with Gasteiger partial charge < -0.3 is 15.4 Å². The molecule has 0 atom stereocenters. The van der Waals surface area contributed by atoms with Gasteiger partial charge in [-0.25, -0.2) is 0 Å². The third kappa shape index (κ3) is 2.64. The quantitative estimate of drug-likeness (QED) is 0.792. The Bertz CT molecular complexity index is 480. The molecule has 1 aromatic carbocycles. The maximum atomic E-state index is 12.3. The lowest BCUT2D eigenvalue weighted by Gasteiger charge is -2.26. The first-order chi connectivity index (χ1) is 8.61. The van der Waals surface area contributed by atoms with E-state index in [0.29, 0.717) is 41.6 Å². The zero-order chi connectivity index (χ0) is 13.1. The van der Waals surface area contributed by atoms with Crippen LogP contribution in [0.2, 0.25) is 0 Å². The normalized spacial score (nSPS) is 16.6. The first-order valence-electron chi connectivity index (χ1n) is 5.69. The summed E-state index contributed by atoms with van der Waals surface area (Å²) in [5.74, 6) is 1.56. The van der Waals surface area contributed by atoms with Gasteiger partial charge in [-0.3, -0.25) is 9.00 Å². The number of carbonyl (C=O) groups excluding carboxylic acids is 1. The summed E-state index contributed by atoms with van der Waals surface area (Å²) in [5, 5.41) is 0. The average Bonchev–Trinajstić information content (AvgIpc) is 2.39. The van der Waals surface area contributed by atoms with Gasteiger partial charge in [0.15, 0.2) is 0 Å². The smallest absolute Gasteiger partial charge is 0.256 e. The predicted octanol–water partition coefficient (Wildman–Crippen LogP) is 0.482. The molecule has 0 radical (unpaired) electrons. The van der Waals surface area contributed by atoms with Crippen LogP contribution in [-0.2, 0) is 10.8 Å². The van der Waals surface area contributed by atoms with E-state index < -0.39 is 10.8 Å². The Hall–Kier alpha value is -1.56. The highest BCUT2D eigenvalue weighted by molar-refractivity contribution is 7.85. The molecule has 1 aromatic rings. The Balaban J connectivity index is 2.20. The second kappa shape index (κ2) is 5.39. The Morgan fingerprint density at radius 1 is 1.39 bits per heavy atom. The minimum absolute atomic E-state index is 0.122. The molecule has 1 saturated heterocycles. The standard InChI is InChI=1S/C12H16N2O3S/c1-17-9-2-3-11(13)10(8-9)12(15)14-4-6-18(16)7-5-14/h2-3,8H,4-7,13H2,1H3. The number of nitrogens with two attached hydrogens (primary N) is 1. The summed E-state index contributed by atoms with van der Waals surface area (Å²) in [7, 11) is 0.750. The minimum Gasteiger partial charge on any atom is -0.497 e. The van der Waals surface area contributed by atoms with E-state index in [1.165, 1.54) is 0 Å². The Labute approximate surface area is 108 Å². The number of carbonyl (C=O) groups is 1. The van der Waals surface area contributed by atoms with Gasteiger partial charge in [0.05, 0.1) is 12.7 Å². The summed E-state index contributed by atoms with van der Waals surface area (Å²) < 4.78 is 16.4. The van der Waals surface area contributed by atoms with Crippen molar-refractivity contribution in [3.63, 3.8) is 0 Å². The number of hydrogen-bond acceptors (Lipinski definition) is 4. The van der Waals surface area contributed by atoms with Crippen molar-refractivity contribution in [1.82, 2.24) is 4.90 Å². The van der Waals surface area contributed by atoms with Gasteiger partial charge in [0.2, 0.25) is 0 Å². The molecule has 1 aliphatic rings. The number of anilines is 1. The Kier molecular flexibility index (Phi) is 3.86. The van der Waals surface area contributed by atoms with Crippen molar-refractivity contribution >= 4 is 22.4 Å². The molecule has 0 bridgehead atoms. The van der Waals surface area contributed by atoms with Crippen LogP contribution in [-0.4, -0.2) is 46.7 Å². The monoisotopic (exact) mass is 268 g/mol. The molecule has 0 aliphatic carbocycles. The Morgan fingerprint density at radius 3 is 2.67 bits per heavy atom. The van der Waals surface area contributed by atoms with Gasteiger partial charge in [-0.05, 0) is 18.2 Å². The molecule has 0 aromatic heterocycles. The van der Waals surface area contributed by atoms with Crippen molar-refractivity contribution in [2.75, 3.05) is 37.4 Å². The van der Waals surface area contributed by atoms with Crippen molar-refractivity contribution in [1.29, 1.82) is 0 Å². The summed E-state index contributed by atoms with van der Waals surface area (Å²) >= 11 is 0. The molecule has 1 fully saturated rings. The summed E-state index contributed by atoms with van der Waals surface area (Å²) in [6.07, 6.45) is 0. The Morgan fingerprint density at radius 2 is 2.06 bits per heavy atom. The molecule has 1 heterocycles. The maximum absolute atomic E-state index is 12.3. The second-order valence-corrected chi connectivity index (χ2v) is 5.79. The molecular formula is C12H16N2O3S. The molecule has 0 saturated carbocycles. The topological polar surface area (TPSA) is 72.6 Å². The van der Waals surface area contributed by atoms with Gasteiger partial charge in [-0.1, -0.05) is 0 Å². The van der Waals surface area contributed by atoms with Crippen LogP contribution >= 0.6 is 0 Å². The fourth-order valence-electron chi connectivity index (χ4n) is 1.86. The van der Waals surface area contributed by atoms with E-state index in [1.807, 2.05) is 0 Å². The first-order valence-corrected chi connectivity index (χ1v) is 7.18. The van der Waals surface area contributed by atoms with Gasteiger partial charge in [-0.2, -0.15) is 0 Å². The molecule has 98 valence electrons. The van der Waals surface area contributed by atoms with E-state index in [9.17, 15) is 9.00 Å². The molecule has 1 amide bonds. The third-order valence-corrected chi connectivity index (χ3v) is 4.23. The molecule has 5 nitrogen and oxygen atoms in total.